The monoisotopic (exact) mass is 354 g/mol. The van der Waals surface area contributed by atoms with Gasteiger partial charge in [0.25, 0.3) is 5.69 Å². The lowest BCUT2D eigenvalue weighted by Gasteiger charge is -2.35. The zero-order valence-electron chi connectivity index (χ0n) is 12.0. The van der Waals surface area contributed by atoms with E-state index in [1.54, 1.807) is 6.92 Å². The summed E-state index contributed by atoms with van der Waals surface area (Å²) in [5.74, 6) is 0.717. The molecule has 1 aromatic rings. The van der Waals surface area contributed by atoms with E-state index in [0.717, 1.165) is 25.2 Å². The van der Waals surface area contributed by atoms with Crippen molar-refractivity contribution in [3.8, 4) is 0 Å². The first kappa shape index (κ1) is 14.7. The van der Waals surface area contributed by atoms with Crippen molar-refractivity contribution in [2.75, 3.05) is 18.4 Å². The number of halogens is 1. The summed E-state index contributed by atoms with van der Waals surface area (Å²) < 4.78 is 0.700. The van der Waals surface area contributed by atoms with Gasteiger partial charge in [-0.05, 0) is 55.1 Å². The summed E-state index contributed by atoms with van der Waals surface area (Å²) in [6.07, 6.45) is 6.15. The summed E-state index contributed by atoms with van der Waals surface area (Å²) in [7, 11) is 0. The molecule has 0 aliphatic carbocycles. The second kappa shape index (κ2) is 5.88. The lowest BCUT2D eigenvalue weighted by Crippen LogP contribution is -2.42. The smallest absolute Gasteiger partial charge is 0.291 e. The Morgan fingerprint density at radius 1 is 1.48 bits per heavy atom. The van der Waals surface area contributed by atoms with Crippen LogP contribution in [-0.2, 0) is 0 Å². The zero-order chi connectivity index (χ0) is 15.0. The Morgan fingerprint density at radius 2 is 2.29 bits per heavy atom. The van der Waals surface area contributed by atoms with Crippen LogP contribution < -0.4 is 5.32 Å². The van der Waals surface area contributed by atoms with Crippen molar-refractivity contribution < 1.29 is 4.92 Å². The van der Waals surface area contributed by atoms with E-state index in [-0.39, 0.29) is 5.69 Å². The second-order valence-corrected chi connectivity index (χ2v) is 6.68. The van der Waals surface area contributed by atoms with Crippen molar-refractivity contribution in [3.05, 3.63) is 26.3 Å². The van der Waals surface area contributed by atoms with Crippen LogP contribution >= 0.6 is 15.9 Å². The van der Waals surface area contributed by atoms with E-state index in [9.17, 15) is 10.1 Å². The molecular weight excluding hydrogens is 336 g/mol. The summed E-state index contributed by atoms with van der Waals surface area (Å²) in [6, 6.07) is 1.09. The molecule has 6 nitrogen and oxygen atoms in total. The molecule has 0 amide bonds. The van der Waals surface area contributed by atoms with Crippen molar-refractivity contribution >= 4 is 27.4 Å². The molecule has 3 heterocycles. The van der Waals surface area contributed by atoms with Gasteiger partial charge in [0.1, 0.15) is 12.0 Å². The van der Waals surface area contributed by atoms with Crippen molar-refractivity contribution in [1.82, 2.24) is 9.88 Å². The van der Waals surface area contributed by atoms with Crippen LogP contribution in [0.4, 0.5) is 11.5 Å². The van der Waals surface area contributed by atoms with Gasteiger partial charge >= 0.3 is 0 Å². The predicted octanol–water partition coefficient (Wildman–Crippen LogP) is 3.10. The number of piperidine rings is 1. The van der Waals surface area contributed by atoms with Gasteiger partial charge in [-0.15, -0.1) is 0 Å². The highest BCUT2D eigenvalue weighted by molar-refractivity contribution is 9.10. The SMILES string of the molecule is Cc1c([N+](=O)[O-])cnc(NC2CCN3CCCC3C2)c1Br. The summed E-state index contributed by atoms with van der Waals surface area (Å²) in [4.78, 5) is 17.3. The van der Waals surface area contributed by atoms with Crippen molar-refractivity contribution in [2.45, 2.75) is 44.7 Å². The molecule has 2 aliphatic rings. The molecule has 1 N–H and O–H groups in total. The molecule has 2 saturated heterocycles. The van der Waals surface area contributed by atoms with Gasteiger partial charge in [-0.1, -0.05) is 0 Å². The maximum atomic E-state index is 10.9. The summed E-state index contributed by atoms with van der Waals surface area (Å²) in [6.45, 7) is 4.11. The Balaban J connectivity index is 1.73. The molecule has 2 aliphatic heterocycles. The van der Waals surface area contributed by atoms with Crippen LogP contribution in [0.15, 0.2) is 10.7 Å². The molecule has 0 aromatic carbocycles. The van der Waals surface area contributed by atoms with Gasteiger partial charge in [0.05, 0.1) is 9.40 Å². The first-order valence-corrected chi connectivity index (χ1v) is 8.15. The standard InChI is InChI=1S/C14H19BrN4O2/c1-9-12(19(20)21)8-16-14(13(9)15)17-10-4-6-18-5-2-3-11(18)7-10/h8,10-11H,2-7H2,1H3,(H,16,17). The van der Waals surface area contributed by atoms with E-state index < -0.39 is 4.92 Å². The highest BCUT2D eigenvalue weighted by Gasteiger charge is 2.32. The molecule has 0 spiro atoms. The Labute approximate surface area is 132 Å². The van der Waals surface area contributed by atoms with Gasteiger partial charge in [-0.25, -0.2) is 4.98 Å². The van der Waals surface area contributed by atoms with Crippen LogP contribution in [0.3, 0.4) is 0 Å². The van der Waals surface area contributed by atoms with Crippen molar-refractivity contribution in [2.24, 2.45) is 0 Å². The van der Waals surface area contributed by atoms with Crippen molar-refractivity contribution in [1.29, 1.82) is 0 Å². The number of pyridine rings is 1. The van der Waals surface area contributed by atoms with Gasteiger partial charge in [0.2, 0.25) is 0 Å². The fourth-order valence-electron chi connectivity index (χ4n) is 3.40. The third-order valence-corrected chi connectivity index (χ3v) is 5.57. The number of fused-ring (bicyclic) bond motifs is 1. The highest BCUT2D eigenvalue weighted by Crippen LogP contribution is 2.33. The average Bonchev–Trinajstić information content (AvgIpc) is 2.91. The molecule has 3 rings (SSSR count). The summed E-state index contributed by atoms with van der Waals surface area (Å²) >= 11 is 3.44. The Hall–Kier alpha value is -1.21. The summed E-state index contributed by atoms with van der Waals surface area (Å²) in [5, 5.41) is 14.4. The molecule has 0 radical (unpaired) electrons. The maximum Gasteiger partial charge on any atom is 0.291 e. The predicted molar refractivity (Wildman–Crippen MR) is 84.6 cm³/mol. The minimum Gasteiger partial charge on any atom is -0.366 e. The average molecular weight is 355 g/mol. The molecule has 2 atom stereocenters. The highest BCUT2D eigenvalue weighted by atomic mass is 79.9. The lowest BCUT2D eigenvalue weighted by molar-refractivity contribution is -0.385. The molecular formula is C14H19BrN4O2. The number of hydrogen-bond acceptors (Lipinski definition) is 5. The molecule has 2 fully saturated rings. The Kier molecular flexibility index (Phi) is 4.12. The maximum absolute atomic E-state index is 10.9. The van der Waals surface area contributed by atoms with Crippen LogP contribution in [0.2, 0.25) is 0 Å². The third-order valence-electron chi connectivity index (χ3n) is 4.60. The van der Waals surface area contributed by atoms with Crippen LogP contribution in [0.1, 0.15) is 31.2 Å². The lowest BCUT2D eigenvalue weighted by atomic mass is 9.97. The van der Waals surface area contributed by atoms with E-state index >= 15 is 0 Å². The topological polar surface area (TPSA) is 71.3 Å². The summed E-state index contributed by atoms with van der Waals surface area (Å²) in [5.41, 5.74) is 0.675. The number of aromatic nitrogens is 1. The molecule has 2 unspecified atom stereocenters. The fraction of sp³-hybridized carbons (Fsp3) is 0.643. The first-order valence-electron chi connectivity index (χ1n) is 7.36. The van der Waals surface area contributed by atoms with Crippen LogP contribution in [0, 0.1) is 17.0 Å². The van der Waals surface area contributed by atoms with Crippen LogP contribution in [0.5, 0.6) is 0 Å². The normalized spacial score (nSPS) is 25.6. The second-order valence-electron chi connectivity index (χ2n) is 5.89. The Morgan fingerprint density at radius 3 is 3.05 bits per heavy atom. The van der Waals surface area contributed by atoms with Crippen LogP contribution in [-0.4, -0.2) is 40.0 Å². The van der Waals surface area contributed by atoms with Gasteiger partial charge in [-0.3, -0.25) is 10.1 Å². The Bertz CT molecular complexity index is 566. The minimum atomic E-state index is -0.395. The number of hydrogen-bond donors (Lipinski definition) is 1. The number of nitro groups is 1. The van der Waals surface area contributed by atoms with Gasteiger partial charge in [-0.2, -0.15) is 0 Å². The third kappa shape index (κ3) is 2.89. The zero-order valence-corrected chi connectivity index (χ0v) is 13.6. The van der Waals surface area contributed by atoms with E-state index in [0.29, 0.717) is 22.1 Å². The van der Waals surface area contributed by atoms with Gasteiger partial charge in [0.15, 0.2) is 0 Å². The van der Waals surface area contributed by atoms with E-state index in [1.807, 2.05) is 0 Å². The van der Waals surface area contributed by atoms with Crippen LogP contribution in [0.25, 0.3) is 0 Å². The molecule has 21 heavy (non-hydrogen) atoms. The fourth-order valence-corrected chi connectivity index (χ4v) is 3.82. The molecule has 0 bridgehead atoms. The quantitative estimate of drug-likeness (QED) is 0.666. The molecule has 0 saturated carbocycles. The molecule has 1 aromatic heterocycles. The minimum absolute atomic E-state index is 0.0537. The molecule has 7 heteroatoms. The number of nitrogens with zero attached hydrogens (tertiary/aromatic N) is 3. The van der Waals surface area contributed by atoms with E-state index in [4.69, 9.17) is 0 Å². The first-order chi connectivity index (χ1) is 10.1. The van der Waals surface area contributed by atoms with E-state index in [1.165, 1.54) is 25.6 Å². The number of nitrogens with one attached hydrogen (secondary N) is 1. The number of rotatable bonds is 3. The van der Waals surface area contributed by atoms with E-state index in [2.05, 4.69) is 31.1 Å². The van der Waals surface area contributed by atoms with Crippen molar-refractivity contribution in [3.63, 3.8) is 0 Å². The van der Waals surface area contributed by atoms with Gasteiger partial charge in [0, 0.05) is 24.2 Å². The molecule has 114 valence electrons. The largest absolute Gasteiger partial charge is 0.366 e. The van der Waals surface area contributed by atoms with Gasteiger partial charge < -0.3 is 10.2 Å². The number of anilines is 1.